The van der Waals surface area contributed by atoms with E-state index in [0.29, 0.717) is 12.0 Å². The SMILES string of the molecule is CCCNC(c1ccc(CCC)cc1)C(C)C. The second-order valence-corrected chi connectivity index (χ2v) is 5.17. The molecule has 0 aromatic heterocycles. The van der Waals surface area contributed by atoms with E-state index in [1.54, 1.807) is 0 Å². The van der Waals surface area contributed by atoms with Crippen LogP contribution in [-0.4, -0.2) is 6.54 Å². The van der Waals surface area contributed by atoms with Crippen LogP contribution in [0.15, 0.2) is 24.3 Å². The Morgan fingerprint density at radius 3 is 2.12 bits per heavy atom. The Hall–Kier alpha value is -0.820. The van der Waals surface area contributed by atoms with E-state index in [1.807, 2.05) is 0 Å². The Morgan fingerprint density at radius 2 is 1.65 bits per heavy atom. The second-order valence-electron chi connectivity index (χ2n) is 5.17. The van der Waals surface area contributed by atoms with E-state index in [-0.39, 0.29) is 0 Å². The highest BCUT2D eigenvalue weighted by Gasteiger charge is 2.14. The van der Waals surface area contributed by atoms with Gasteiger partial charge >= 0.3 is 0 Å². The van der Waals surface area contributed by atoms with Crippen molar-refractivity contribution in [1.82, 2.24) is 5.32 Å². The van der Waals surface area contributed by atoms with Crippen LogP contribution in [0.5, 0.6) is 0 Å². The lowest BCUT2D eigenvalue weighted by atomic mass is 9.94. The number of nitrogens with one attached hydrogen (secondary N) is 1. The number of benzene rings is 1. The summed E-state index contributed by atoms with van der Waals surface area (Å²) >= 11 is 0. The number of hydrogen-bond donors (Lipinski definition) is 1. The van der Waals surface area contributed by atoms with Crippen molar-refractivity contribution in [1.29, 1.82) is 0 Å². The number of hydrogen-bond acceptors (Lipinski definition) is 1. The molecule has 0 aliphatic heterocycles. The molecule has 1 N–H and O–H groups in total. The fourth-order valence-electron chi connectivity index (χ4n) is 2.22. The first-order valence-electron chi connectivity index (χ1n) is 7.01. The van der Waals surface area contributed by atoms with Gasteiger partial charge in [-0.2, -0.15) is 0 Å². The zero-order chi connectivity index (χ0) is 12.7. The molecule has 0 saturated heterocycles. The van der Waals surface area contributed by atoms with Crippen molar-refractivity contribution in [3.8, 4) is 0 Å². The van der Waals surface area contributed by atoms with Crippen LogP contribution in [0.1, 0.15) is 57.7 Å². The van der Waals surface area contributed by atoms with E-state index in [9.17, 15) is 0 Å². The lowest BCUT2D eigenvalue weighted by Crippen LogP contribution is -2.26. The van der Waals surface area contributed by atoms with Gasteiger partial charge in [0.2, 0.25) is 0 Å². The molecule has 0 heterocycles. The zero-order valence-electron chi connectivity index (χ0n) is 11.8. The Balaban J connectivity index is 2.72. The highest BCUT2D eigenvalue weighted by molar-refractivity contribution is 5.25. The largest absolute Gasteiger partial charge is 0.310 e. The molecular formula is C16H27N. The van der Waals surface area contributed by atoms with Crippen molar-refractivity contribution in [2.45, 2.75) is 53.0 Å². The lowest BCUT2D eigenvalue weighted by molar-refractivity contribution is 0.413. The Morgan fingerprint density at radius 1 is 1.00 bits per heavy atom. The van der Waals surface area contributed by atoms with E-state index in [4.69, 9.17) is 0 Å². The van der Waals surface area contributed by atoms with Crippen molar-refractivity contribution in [3.05, 3.63) is 35.4 Å². The van der Waals surface area contributed by atoms with Gasteiger partial charge in [-0.05, 0) is 36.4 Å². The maximum Gasteiger partial charge on any atom is 0.0343 e. The first-order valence-corrected chi connectivity index (χ1v) is 7.01. The van der Waals surface area contributed by atoms with Gasteiger partial charge in [-0.3, -0.25) is 0 Å². The molecule has 1 aromatic rings. The van der Waals surface area contributed by atoms with Gasteiger partial charge in [0.1, 0.15) is 0 Å². The van der Waals surface area contributed by atoms with Gasteiger partial charge in [-0.25, -0.2) is 0 Å². The predicted octanol–water partition coefficient (Wildman–Crippen LogP) is 4.34. The van der Waals surface area contributed by atoms with Crippen LogP contribution in [0.2, 0.25) is 0 Å². The fraction of sp³-hybridized carbons (Fsp3) is 0.625. The molecule has 0 fully saturated rings. The average Bonchev–Trinajstić information content (AvgIpc) is 2.31. The molecule has 96 valence electrons. The van der Waals surface area contributed by atoms with E-state index in [0.717, 1.165) is 6.54 Å². The summed E-state index contributed by atoms with van der Waals surface area (Å²) in [6.45, 7) is 10.1. The van der Waals surface area contributed by atoms with Gasteiger partial charge in [0.25, 0.3) is 0 Å². The molecule has 0 saturated carbocycles. The van der Waals surface area contributed by atoms with Crippen LogP contribution in [0.4, 0.5) is 0 Å². The molecule has 0 aliphatic rings. The van der Waals surface area contributed by atoms with Crippen molar-refractivity contribution < 1.29 is 0 Å². The van der Waals surface area contributed by atoms with Crippen LogP contribution in [0.3, 0.4) is 0 Å². The first-order chi connectivity index (χ1) is 8.19. The summed E-state index contributed by atoms with van der Waals surface area (Å²) in [6.07, 6.45) is 3.60. The summed E-state index contributed by atoms with van der Waals surface area (Å²) in [5.74, 6) is 0.638. The smallest absolute Gasteiger partial charge is 0.0343 e. The maximum absolute atomic E-state index is 3.64. The molecule has 0 aliphatic carbocycles. The van der Waals surface area contributed by atoms with E-state index in [2.05, 4.69) is 57.3 Å². The van der Waals surface area contributed by atoms with Gasteiger partial charge in [0.15, 0.2) is 0 Å². The Labute approximate surface area is 107 Å². The highest BCUT2D eigenvalue weighted by Crippen LogP contribution is 2.22. The zero-order valence-corrected chi connectivity index (χ0v) is 11.8. The summed E-state index contributed by atoms with van der Waals surface area (Å²) in [6, 6.07) is 9.63. The average molecular weight is 233 g/mol. The van der Waals surface area contributed by atoms with Crippen molar-refractivity contribution in [2.75, 3.05) is 6.54 Å². The lowest BCUT2D eigenvalue weighted by Gasteiger charge is -2.23. The minimum Gasteiger partial charge on any atom is -0.310 e. The summed E-state index contributed by atoms with van der Waals surface area (Å²) in [5, 5.41) is 3.64. The maximum atomic E-state index is 3.64. The highest BCUT2D eigenvalue weighted by atomic mass is 14.9. The van der Waals surface area contributed by atoms with Crippen LogP contribution in [0, 0.1) is 5.92 Å². The first kappa shape index (κ1) is 14.2. The minimum absolute atomic E-state index is 0.491. The number of aryl methyl sites for hydroxylation is 1. The fourth-order valence-corrected chi connectivity index (χ4v) is 2.22. The van der Waals surface area contributed by atoms with E-state index in [1.165, 1.54) is 30.4 Å². The molecule has 1 atom stereocenters. The van der Waals surface area contributed by atoms with E-state index >= 15 is 0 Å². The van der Waals surface area contributed by atoms with Gasteiger partial charge < -0.3 is 5.32 Å². The normalized spacial score (nSPS) is 13.0. The molecule has 1 unspecified atom stereocenters. The minimum atomic E-state index is 0.491. The third kappa shape index (κ3) is 4.51. The third-order valence-electron chi connectivity index (χ3n) is 3.16. The van der Waals surface area contributed by atoms with Gasteiger partial charge in [-0.15, -0.1) is 0 Å². The monoisotopic (exact) mass is 233 g/mol. The predicted molar refractivity (Wildman–Crippen MR) is 76.3 cm³/mol. The summed E-state index contributed by atoms with van der Waals surface area (Å²) in [4.78, 5) is 0. The molecule has 1 rings (SSSR count). The van der Waals surface area contributed by atoms with Crippen LogP contribution in [-0.2, 0) is 6.42 Å². The second kappa shape index (κ2) is 7.50. The van der Waals surface area contributed by atoms with Crippen LogP contribution in [0.25, 0.3) is 0 Å². The Bertz CT molecular complexity index is 300. The molecule has 0 bridgehead atoms. The van der Waals surface area contributed by atoms with Gasteiger partial charge in [0, 0.05) is 6.04 Å². The summed E-state index contributed by atoms with van der Waals surface area (Å²) in [5.41, 5.74) is 2.88. The Kier molecular flexibility index (Phi) is 6.28. The standard InChI is InChI=1S/C16H27N/c1-5-7-14-8-10-15(11-9-14)16(13(3)4)17-12-6-2/h8-11,13,16-17H,5-7,12H2,1-4H3. The summed E-state index contributed by atoms with van der Waals surface area (Å²) < 4.78 is 0. The molecule has 1 heteroatoms. The van der Waals surface area contributed by atoms with Crippen LogP contribution < -0.4 is 5.32 Å². The molecular weight excluding hydrogens is 206 g/mol. The quantitative estimate of drug-likeness (QED) is 0.739. The molecule has 0 amide bonds. The van der Waals surface area contributed by atoms with Crippen molar-refractivity contribution in [2.24, 2.45) is 5.92 Å². The number of rotatable bonds is 7. The van der Waals surface area contributed by atoms with Crippen LogP contribution >= 0.6 is 0 Å². The van der Waals surface area contributed by atoms with Gasteiger partial charge in [0.05, 0.1) is 0 Å². The van der Waals surface area contributed by atoms with Gasteiger partial charge in [-0.1, -0.05) is 58.4 Å². The third-order valence-corrected chi connectivity index (χ3v) is 3.16. The topological polar surface area (TPSA) is 12.0 Å². The molecule has 1 nitrogen and oxygen atoms in total. The van der Waals surface area contributed by atoms with E-state index < -0.39 is 0 Å². The molecule has 1 aromatic carbocycles. The molecule has 17 heavy (non-hydrogen) atoms. The molecule has 0 spiro atoms. The van der Waals surface area contributed by atoms with Crippen molar-refractivity contribution in [3.63, 3.8) is 0 Å². The molecule has 0 radical (unpaired) electrons. The summed E-state index contributed by atoms with van der Waals surface area (Å²) in [7, 11) is 0. The van der Waals surface area contributed by atoms with Crippen molar-refractivity contribution >= 4 is 0 Å².